The second-order valence-electron chi connectivity index (χ2n) is 13.9. The number of nitrogens with zero attached hydrogens (tertiary/aromatic N) is 3. The van der Waals surface area contributed by atoms with Crippen LogP contribution in [0.2, 0.25) is 0 Å². The van der Waals surface area contributed by atoms with Crippen molar-refractivity contribution in [2.45, 2.75) is 88.3 Å². The number of carbonyl (C=O) groups is 2. The zero-order valence-electron chi connectivity index (χ0n) is 28.2. The van der Waals surface area contributed by atoms with Gasteiger partial charge in [-0.1, -0.05) is 12.1 Å². The van der Waals surface area contributed by atoms with E-state index in [-0.39, 0.29) is 42.7 Å². The molecule has 0 bridgehead atoms. The smallest absolute Gasteiger partial charge is 0.410 e. The molecule has 4 atom stereocenters. The zero-order chi connectivity index (χ0) is 36.5. The van der Waals surface area contributed by atoms with E-state index in [2.05, 4.69) is 10.3 Å². The third-order valence-corrected chi connectivity index (χ3v) is 11.3. The Morgan fingerprint density at radius 1 is 0.980 bits per heavy atom. The molecule has 2 amide bonds. The summed E-state index contributed by atoms with van der Waals surface area (Å²) in [4.78, 5) is 32.0. The van der Waals surface area contributed by atoms with Crippen molar-refractivity contribution in [1.82, 2.24) is 14.2 Å². The Hall–Kier alpha value is -4.08. The van der Waals surface area contributed by atoms with Gasteiger partial charge in [0, 0.05) is 42.7 Å². The first-order valence-electron chi connectivity index (χ1n) is 16.3. The molecule has 0 radical (unpaired) electrons. The molecule has 10 nitrogen and oxygen atoms in total. The second kappa shape index (κ2) is 14.6. The average molecular weight is 720 g/mol. The largest absolute Gasteiger partial charge is 0.444 e. The van der Waals surface area contributed by atoms with Gasteiger partial charge in [0.2, 0.25) is 15.9 Å². The van der Waals surface area contributed by atoms with Crippen LogP contribution in [-0.4, -0.2) is 76.7 Å². The van der Waals surface area contributed by atoms with Crippen LogP contribution >= 0.6 is 0 Å². The maximum atomic E-state index is 15.4. The third kappa shape index (κ3) is 8.61. The predicted molar refractivity (Wildman–Crippen MR) is 179 cm³/mol. The minimum Gasteiger partial charge on any atom is -0.444 e. The molecule has 2 heterocycles. The van der Waals surface area contributed by atoms with Gasteiger partial charge in [-0.05, 0) is 88.8 Å². The van der Waals surface area contributed by atoms with Crippen LogP contribution in [0, 0.1) is 23.3 Å². The Bertz CT molecular complexity index is 1820. The lowest BCUT2D eigenvalue weighted by molar-refractivity contribution is -0.117. The van der Waals surface area contributed by atoms with Gasteiger partial charge in [0.1, 0.15) is 28.9 Å². The molecule has 3 N–H and O–H groups in total. The molecule has 4 unspecified atom stereocenters. The highest BCUT2D eigenvalue weighted by atomic mass is 32.2. The van der Waals surface area contributed by atoms with Crippen LogP contribution in [-0.2, 0) is 26.0 Å². The Labute approximate surface area is 289 Å². The van der Waals surface area contributed by atoms with Gasteiger partial charge in [-0.2, -0.15) is 4.31 Å². The number of sulfonamides is 1. The number of ether oxygens (including phenoxy) is 1. The molecule has 3 aromatic rings. The van der Waals surface area contributed by atoms with E-state index < -0.39 is 80.2 Å². The summed E-state index contributed by atoms with van der Waals surface area (Å²) >= 11 is 0. The minimum atomic E-state index is -3.71. The van der Waals surface area contributed by atoms with Crippen LogP contribution in [0.4, 0.5) is 28.0 Å². The molecular formula is C35H41F4N5O5S. The lowest BCUT2D eigenvalue weighted by atomic mass is 9.84. The number of benzene rings is 2. The van der Waals surface area contributed by atoms with Crippen molar-refractivity contribution >= 4 is 27.7 Å². The van der Waals surface area contributed by atoms with Gasteiger partial charge in [0.15, 0.2) is 0 Å². The first-order chi connectivity index (χ1) is 23.4. The summed E-state index contributed by atoms with van der Waals surface area (Å²) in [5.74, 6) is -5.14. The predicted octanol–water partition coefficient (Wildman–Crippen LogP) is 5.47. The van der Waals surface area contributed by atoms with E-state index >= 15 is 4.39 Å². The summed E-state index contributed by atoms with van der Waals surface area (Å²) in [6.45, 7) is 7.02. The molecule has 2 aliphatic rings. The van der Waals surface area contributed by atoms with Gasteiger partial charge in [0.25, 0.3) is 0 Å². The highest BCUT2D eigenvalue weighted by molar-refractivity contribution is 7.90. The molecule has 50 heavy (non-hydrogen) atoms. The molecule has 2 aromatic carbocycles. The molecule has 1 saturated heterocycles. The van der Waals surface area contributed by atoms with Crippen molar-refractivity contribution in [1.29, 1.82) is 0 Å². The fourth-order valence-corrected chi connectivity index (χ4v) is 8.63. The Morgan fingerprint density at radius 2 is 1.62 bits per heavy atom. The number of hydrogen-bond donors (Lipinski definition) is 2. The summed E-state index contributed by atoms with van der Waals surface area (Å²) in [5, 5.41) is 2.07. The van der Waals surface area contributed by atoms with E-state index in [9.17, 15) is 31.2 Å². The minimum absolute atomic E-state index is 0.00795. The molecule has 5 rings (SSSR count). The summed E-state index contributed by atoms with van der Waals surface area (Å²) < 4.78 is 91.8. The van der Waals surface area contributed by atoms with Gasteiger partial charge >= 0.3 is 6.09 Å². The number of aromatic nitrogens is 1. The lowest BCUT2D eigenvalue weighted by Crippen LogP contribution is -2.61. The van der Waals surface area contributed by atoms with Crippen molar-refractivity contribution in [3.8, 4) is 0 Å². The number of anilines is 1. The van der Waals surface area contributed by atoms with Gasteiger partial charge in [-0.25, -0.2) is 30.8 Å². The number of carbonyl (C=O) groups excluding carboxylic acids is 2. The van der Waals surface area contributed by atoms with E-state index in [0.717, 1.165) is 30.5 Å². The number of halogens is 4. The van der Waals surface area contributed by atoms with Crippen molar-refractivity contribution in [2.75, 3.05) is 18.4 Å². The van der Waals surface area contributed by atoms with Crippen LogP contribution in [0.1, 0.15) is 69.6 Å². The standard InChI is InChI=1S/C35H41F4N5O5S/c1-20-18-43(34(46)49-35(2,3)4)19-26(44(20)50(47,48)27-10-11-27)9-12-28-29(39)16-41-17-30(28)42-33(45)32(40)31(21-5-7-23(36)8-6-21)22-13-24(37)15-25(38)14-22/h5-8,13-17,20,26-27,31-32H,9-12,18-19,40H2,1-4H3,(H,42,45). The molecule has 1 aromatic heterocycles. The van der Waals surface area contributed by atoms with E-state index in [1.165, 1.54) is 27.5 Å². The number of piperazine rings is 1. The molecule has 1 saturated carbocycles. The van der Waals surface area contributed by atoms with Crippen LogP contribution < -0.4 is 11.1 Å². The molecule has 1 aliphatic heterocycles. The van der Waals surface area contributed by atoms with E-state index in [1.807, 2.05) is 0 Å². The number of rotatable bonds is 10. The average Bonchev–Trinajstić information content (AvgIpc) is 3.87. The number of nitrogens with one attached hydrogen (secondary N) is 1. The first-order valence-corrected chi connectivity index (χ1v) is 17.9. The SMILES string of the molecule is CC1CN(C(=O)OC(C)(C)C)CC(CCc2c(F)cncc2NC(=O)C(N)C(c2ccc(F)cc2)c2cc(F)cc(F)c2)N1S(=O)(=O)C1CC1. The van der Waals surface area contributed by atoms with Crippen LogP contribution in [0.15, 0.2) is 54.9 Å². The number of nitrogens with two attached hydrogens (primary N) is 1. The third-order valence-electron chi connectivity index (χ3n) is 8.73. The molecule has 1 aliphatic carbocycles. The Balaban J connectivity index is 1.40. The number of hydrogen-bond acceptors (Lipinski definition) is 7. The summed E-state index contributed by atoms with van der Waals surface area (Å²) in [5.41, 5.74) is 5.92. The quantitative estimate of drug-likeness (QED) is 0.266. The summed E-state index contributed by atoms with van der Waals surface area (Å²) in [6, 6.07) is 4.84. The van der Waals surface area contributed by atoms with Crippen LogP contribution in [0.5, 0.6) is 0 Å². The van der Waals surface area contributed by atoms with E-state index in [4.69, 9.17) is 10.5 Å². The Kier molecular flexibility index (Phi) is 10.9. The van der Waals surface area contributed by atoms with Gasteiger partial charge in [0.05, 0.1) is 29.4 Å². The van der Waals surface area contributed by atoms with E-state index in [1.54, 1.807) is 27.7 Å². The monoisotopic (exact) mass is 719 g/mol. The summed E-state index contributed by atoms with van der Waals surface area (Å²) in [6.07, 6.45) is 2.65. The fourth-order valence-electron chi connectivity index (χ4n) is 6.39. The second-order valence-corrected chi connectivity index (χ2v) is 16.0. The highest BCUT2D eigenvalue weighted by Crippen LogP contribution is 2.36. The van der Waals surface area contributed by atoms with Crippen molar-refractivity contribution in [3.63, 3.8) is 0 Å². The van der Waals surface area contributed by atoms with E-state index in [0.29, 0.717) is 24.5 Å². The maximum Gasteiger partial charge on any atom is 0.410 e. The van der Waals surface area contributed by atoms with Gasteiger partial charge in [-0.3, -0.25) is 9.78 Å². The van der Waals surface area contributed by atoms with Gasteiger partial charge < -0.3 is 20.7 Å². The lowest BCUT2D eigenvalue weighted by Gasteiger charge is -2.45. The normalized spacial score (nSPS) is 19.9. The molecule has 2 fully saturated rings. The number of amides is 2. The van der Waals surface area contributed by atoms with Crippen LogP contribution in [0.3, 0.4) is 0 Å². The topological polar surface area (TPSA) is 135 Å². The molecule has 270 valence electrons. The number of pyridine rings is 1. The summed E-state index contributed by atoms with van der Waals surface area (Å²) in [7, 11) is -3.71. The van der Waals surface area contributed by atoms with Crippen LogP contribution in [0.25, 0.3) is 0 Å². The van der Waals surface area contributed by atoms with Crippen molar-refractivity contribution in [3.05, 3.63) is 94.8 Å². The van der Waals surface area contributed by atoms with Crippen molar-refractivity contribution < 1.29 is 40.3 Å². The van der Waals surface area contributed by atoms with Crippen molar-refractivity contribution in [2.24, 2.45) is 5.73 Å². The molecular weight excluding hydrogens is 678 g/mol. The molecule has 15 heteroatoms. The Morgan fingerprint density at radius 3 is 2.22 bits per heavy atom. The highest BCUT2D eigenvalue weighted by Gasteiger charge is 2.48. The first kappa shape index (κ1) is 37.2. The molecule has 0 spiro atoms. The maximum absolute atomic E-state index is 15.4. The van der Waals surface area contributed by atoms with Gasteiger partial charge in [-0.15, -0.1) is 0 Å². The fraction of sp³-hybridized carbons (Fsp3) is 0.457. The zero-order valence-corrected chi connectivity index (χ0v) is 29.0.